The van der Waals surface area contributed by atoms with Crippen LogP contribution in [0.2, 0.25) is 10.0 Å². The Morgan fingerprint density at radius 2 is 1.72 bits per heavy atom. The first-order valence-electron chi connectivity index (χ1n) is 5.01. The highest BCUT2D eigenvalue weighted by atomic mass is 35.5. The highest BCUT2D eigenvalue weighted by Crippen LogP contribution is 2.33. The van der Waals surface area contributed by atoms with E-state index in [1.54, 1.807) is 12.1 Å². The molecule has 0 aliphatic rings. The molecule has 2 N–H and O–H groups in total. The number of hydrogen-bond donors (Lipinski definition) is 2. The van der Waals surface area contributed by atoms with Crippen molar-refractivity contribution in [3.63, 3.8) is 0 Å². The maximum atomic E-state index is 10.8. The van der Waals surface area contributed by atoms with E-state index in [0.29, 0.717) is 16.1 Å². The second kappa shape index (κ2) is 4.88. The zero-order valence-electron chi connectivity index (χ0n) is 9.02. The average Bonchev–Trinajstić information content (AvgIpc) is 2.31. The number of carboxylic acids is 1. The van der Waals surface area contributed by atoms with Gasteiger partial charge in [-0.1, -0.05) is 29.3 Å². The van der Waals surface area contributed by atoms with Gasteiger partial charge in [0.25, 0.3) is 0 Å². The Morgan fingerprint density at radius 1 is 1.00 bits per heavy atom. The fourth-order valence-electron chi connectivity index (χ4n) is 1.59. The van der Waals surface area contributed by atoms with Crippen LogP contribution in [-0.2, 0) is 0 Å². The van der Waals surface area contributed by atoms with Crippen LogP contribution in [0.5, 0.6) is 5.75 Å². The van der Waals surface area contributed by atoms with E-state index in [-0.39, 0.29) is 16.3 Å². The number of halogens is 2. The van der Waals surface area contributed by atoms with Crippen LogP contribution in [-0.4, -0.2) is 16.2 Å². The molecule has 2 rings (SSSR count). The van der Waals surface area contributed by atoms with Gasteiger partial charge in [0.2, 0.25) is 0 Å². The van der Waals surface area contributed by atoms with Crippen molar-refractivity contribution in [3.05, 3.63) is 52.0 Å². The standard InChI is InChI=1S/C13H8Cl2O3/c14-11-4-2-8(16)6-10(11)7-1-3-9(13(17)18)12(15)5-7/h1-6,16H,(H,17,18). The lowest BCUT2D eigenvalue weighted by Crippen LogP contribution is -1.97. The molecule has 0 spiro atoms. The highest BCUT2D eigenvalue weighted by molar-refractivity contribution is 6.35. The van der Waals surface area contributed by atoms with Gasteiger partial charge in [0.15, 0.2) is 0 Å². The Balaban J connectivity index is 2.55. The number of rotatable bonds is 2. The Labute approximate surface area is 113 Å². The molecule has 0 bridgehead atoms. The first kappa shape index (κ1) is 12.7. The van der Waals surface area contributed by atoms with Gasteiger partial charge in [-0.15, -0.1) is 0 Å². The lowest BCUT2D eigenvalue weighted by molar-refractivity contribution is 0.0697. The smallest absolute Gasteiger partial charge is 0.337 e. The quantitative estimate of drug-likeness (QED) is 0.873. The Kier molecular flexibility index (Phi) is 3.45. The monoisotopic (exact) mass is 282 g/mol. The summed E-state index contributed by atoms with van der Waals surface area (Å²) in [7, 11) is 0. The van der Waals surface area contributed by atoms with E-state index >= 15 is 0 Å². The summed E-state index contributed by atoms with van der Waals surface area (Å²) in [5.74, 6) is -1.01. The van der Waals surface area contributed by atoms with Crippen molar-refractivity contribution in [2.24, 2.45) is 0 Å². The number of carboxylic acid groups (broad SMARTS) is 1. The van der Waals surface area contributed by atoms with Crippen LogP contribution < -0.4 is 0 Å². The molecule has 0 atom stereocenters. The van der Waals surface area contributed by atoms with Crippen LogP contribution in [0.15, 0.2) is 36.4 Å². The van der Waals surface area contributed by atoms with Gasteiger partial charge in [0.1, 0.15) is 5.75 Å². The summed E-state index contributed by atoms with van der Waals surface area (Å²) in [5, 5.41) is 18.9. The normalized spacial score (nSPS) is 10.3. The zero-order valence-corrected chi connectivity index (χ0v) is 10.5. The predicted octanol–water partition coefficient (Wildman–Crippen LogP) is 4.06. The van der Waals surface area contributed by atoms with Gasteiger partial charge in [0.05, 0.1) is 10.6 Å². The minimum Gasteiger partial charge on any atom is -0.508 e. The van der Waals surface area contributed by atoms with Crippen molar-refractivity contribution >= 4 is 29.2 Å². The molecule has 0 saturated carbocycles. The van der Waals surface area contributed by atoms with Crippen molar-refractivity contribution in [1.29, 1.82) is 0 Å². The number of aromatic carboxylic acids is 1. The lowest BCUT2D eigenvalue weighted by atomic mass is 10.0. The maximum absolute atomic E-state index is 10.8. The second-order valence-electron chi connectivity index (χ2n) is 3.66. The zero-order chi connectivity index (χ0) is 13.3. The summed E-state index contributed by atoms with van der Waals surface area (Å²) in [6.45, 7) is 0. The van der Waals surface area contributed by atoms with E-state index in [1.165, 1.54) is 24.3 Å². The van der Waals surface area contributed by atoms with Crippen molar-refractivity contribution in [2.45, 2.75) is 0 Å². The maximum Gasteiger partial charge on any atom is 0.337 e. The molecule has 2 aromatic rings. The summed E-state index contributed by atoms with van der Waals surface area (Å²) in [6, 6.07) is 9.03. The van der Waals surface area contributed by atoms with Crippen molar-refractivity contribution < 1.29 is 15.0 Å². The van der Waals surface area contributed by atoms with Gasteiger partial charge >= 0.3 is 5.97 Å². The SMILES string of the molecule is O=C(O)c1ccc(-c2cc(O)ccc2Cl)cc1Cl. The fourth-order valence-corrected chi connectivity index (χ4v) is 2.08. The van der Waals surface area contributed by atoms with Crippen molar-refractivity contribution in [1.82, 2.24) is 0 Å². The topological polar surface area (TPSA) is 57.5 Å². The number of aromatic hydroxyl groups is 1. The third-order valence-corrected chi connectivity index (χ3v) is 3.10. The van der Waals surface area contributed by atoms with E-state index in [9.17, 15) is 9.90 Å². The van der Waals surface area contributed by atoms with Gasteiger partial charge in [-0.3, -0.25) is 0 Å². The van der Waals surface area contributed by atoms with Gasteiger partial charge in [-0.25, -0.2) is 4.79 Å². The van der Waals surface area contributed by atoms with E-state index in [1.807, 2.05) is 0 Å². The summed E-state index contributed by atoms with van der Waals surface area (Å²) < 4.78 is 0. The molecule has 0 heterocycles. The number of hydrogen-bond acceptors (Lipinski definition) is 2. The first-order valence-corrected chi connectivity index (χ1v) is 5.76. The largest absolute Gasteiger partial charge is 0.508 e. The molecule has 18 heavy (non-hydrogen) atoms. The van der Waals surface area contributed by atoms with Gasteiger partial charge in [-0.2, -0.15) is 0 Å². The first-order chi connectivity index (χ1) is 8.49. The highest BCUT2D eigenvalue weighted by Gasteiger charge is 2.11. The molecule has 3 nitrogen and oxygen atoms in total. The fraction of sp³-hybridized carbons (Fsp3) is 0. The molecule has 92 valence electrons. The predicted molar refractivity (Wildman–Crippen MR) is 70.5 cm³/mol. The van der Waals surface area contributed by atoms with E-state index in [4.69, 9.17) is 28.3 Å². The summed E-state index contributed by atoms with van der Waals surface area (Å²) in [4.78, 5) is 10.8. The van der Waals surface area contributed by atoms with Gasteiger partial charge in [0, 0.05) is 10.6 Å². The summed E-state index contributed by atoms with van der Waals surface area (Å²) in [6.07, 6.45) is 0. The molecule has 0 saturated heterocycles. The summed E-state index contributed by atoms with van der Waals surface area (Å²) >= 11 is 11.9. The summed E-state index contributed by atoms with van der Waals surface area (Å²) in [5.41, 5.74) is 1.26. The lowest BCUT2D eigenvalue weighted by Gasteiger charge is -2.07. The third-order valence-electron chi connectivity index (χ3n) is 2.46. The number of phenolic OH excluding ortho intramolecular Hbond substituents is 1. The van der Waals surface area contributed by atoms with E-state index in [2.05, 4.69) is 0 Å². The van der Waals surface area contributed by atoms with Crippen LogP contribution in [0.4, 0.5) is 0 Å². The van der Waals surface area contributed by atoms with E-state index in [0.717, 1.165) is 0 Å². The van der Waals surface area contributed by atoms with Gasteiger partial charge < -0.3 is 10.2 Å². The number of phenols is 1. The molecule has 0 fully saturated rings. The van der Waals surface area contributed by atoms with Crippen LogP contribution in [0, 0.1) is 0 Å². The van der Waals surface area contributed by atoms with Gasteiger partial charge in [-0.05, 0) is 35.9 Å². The van der Waals surface area contributed by atoms with Crippen molar-refractivity contribution in [2.75, 3.05) is 0 Å². The molecule has 0 unspecified atom stereocenters. The van der Waals surface area contributed by atoms with Crippen molar-refractivity contribution in [3.8, 4) is 16.9 Å². The Morgan fingerprint density at radius 3 is 2.33 bits per heavy atom. The van der Waals surface area contributed by atoms with Crippen LogP contribution in [0.3, 0.4) is 0 Å². The van der Waals surface area contributed by atoms with E-state index < -0.39 is 5.97 Å². The second-order valence-corrected chi connectivity index (χ2v) is 4.48. The minimum absolute atomic E-state index is 0.0247. The molecule has 0 aliphatic heterocycles. The number of benzene rings is 2. The Bertz CT molecular complexity index is 624. The molecule has 0 aliphatic carbocycles. The van der Waals surface area contributed by atoms with Crippen LogP contribution in [0.25, 0.3) is 11.1 Å². The molecule has 0 aromatic heterocycles. The van der Waals surface area contributed by atoms with Crippen LogP contribution >= 0.6 is 23.2 Å². The third kappa shape index (κ3) is 2.42. The molecule has 0 radical (unpaired) electrons. The number of carbonyl (C=O) groups is 1. The molecule has 2 aromatic carbocycles. The minimum atomic E-state index is -1.09. The molecule has 5 heteroatoms. The Hall–Kier alpha value is -1.71. The average molecular weight is 283 g/mol. The molecule has 0 amide bonds. The molecular weight excluding hydrogens is 275 g/mol. The molecular formula is C13H8Cl2O3. The van der Waals surface area contributed by atoms with Crippen LogP contribution in [0.1, 0.15) is 10.4 Å².